The second kappa shape index (κ2) is 10.3. The number of rotatable bonds is 8. The van der Waals surface area contributed by atoms with Crippen LogP contribution in [0.4, 0.5) is 5.69 Å². The third-order valence-corrected chi connectivity index (χ3v) is 7.14. The van der Waals surface area contributed by atoms with E-state index in [1.54, 1.807) is 12.1 Å². The lowest BCUT2D eigenvalue weighted by atomic mass is 10.0. The van der Waals surface area contributed by atoms with Crippen molar-refractivity contribution in [2.75, 3.05) is 44.1 Å². The zero-order chi connectivity index (χ0) is 26.1. The van der Waals surface area contributed by atoms with Crippen LogP contribution < -0.4 is 10.2 Å². The first-order chi connectivity index (χ1) is 16.3. The number of fused-ring (bicyclic) bond motifs is 1. The van der Waals surface area contributed by atoms with Crippen LogP contribution in [-0.2, 0) is 24.2 Å². The molecule has 2 unspecified atom stereocenters. The Morgan fingerprint density at radius 3 is 2.29 bits per heavy atom. The minimum absolute atomic E-state index is 0.103. The molecule has 3 amide bonds. The molecule has 0 bridgehead atoms. The number of hydrogen-bond donors (Lipinski definition) is 1. The minimum Gasteiger partial charge on any atom is -0.378 e. The molecular weight excluding hydrogens is 472 g/mol. The third-order valence-electron chi connectivity index (χ3n) is 6.37. The van der Waals surface area contributed by atoms with Gasteiger partial charge >= 0.3 is 0 Å². The maximum absolute atomic E-state index is 13.5. The van der Waals surface area contributed by atoms with Gasteiger partial charge in [0, 0.05) is 38.1 Å². The van der Waals surface area contributed by atoms with Gasteiger partial charge < -0.3 is 20.0 Å². The molecule has 0 saturated carbocycles. The van der Waals surface area contributed by atoms with E-state index < -0.39 is 39.6 Å². The van der Waals surface area contributed by atoms with Gasteiger partial charge in [0.05, 0.1) is 12.6 Å². The van der Waals surface area contributed by atoms with Gasteiger partial charge in [0.2, 0.25) is 11.8 Å². The lowest BCUT2D eigenvalue weighted by Crippen LogP contribution is -2.53. The first-order valence-electron chi connectivity index (χ1n) is 11.7. The number of sulfone groups is 1. The Morgan fingerprint density at radius 1 is 1.11 bits per heavy atom. The molecule has 192 valence electrons. The highest BCUT2D eigenvalue weighted by Crippen LogP contribution is 2.31. The fourth-order valence-electron chi connectivity index (χ4n) is 4.74. The number of amides is 3. The van der Waals surface area contributed by atoms with Crippen molar-refractivity contribution in [3.63, 3.8) is 0 Å². The maximum Gasteiger partial charge on any atom is 0.251 e. The largest absolute Gasteiger partial charge is 0.378 e. The Hall–Kier alpha value is -2.95. The second-order valence-electron chi connectivity index (χ2n) is 9.99. The summed E-state index contributed by atoms with van der Waals surface area (Å²) in [7, 11) is 0.253. The Labute approximate surface area is 206 Å². The minimum atomic E-state index is -3.54. The quantitative estimate of drug-likeness (QED) is 0.539. The summed E-state index contributed by atoms with van der Waals surface area (Å²) in [5.41, 5.74) is 1.36. The Morgan fingerprint density at radius 2 is 1.74 bits per heavy atom. The zero-order valence-corrected chi connectivity index (χ0v) is 21.7. The monoisotopic (exact) mass is 506 g/mol. The van der Waals surface area contributed by atoms with Crippen LogP contribution >= 0.6 is 0 Å². The molecule has 0 spiro atoms. The molecule has 2 saturated heterocycles. The average molecular weight is 507 g/mol. The van der Waals surface area contributed by atoms with E-state index in [1.807, 2.05) is 45.0 Å². The van der Waals surface area contributed by atoms with E-state index in [9.17, 15) is 27.6 Å². The molecule has 2 fully saturated rings. The van der Waals surface area contributed by atoms with E-state index in [-0.39, 0.29) is 36.6 Å². The van der Waals surface area contributed by atoms with Crippen molar-refractivity contribution in [1.82, 2.24) is 15.1 Å². The van der Waals surface area contributed by atoms with E-state index in [0.717, 1.165) is 11.9 Å². The summed E-state index contributed by atoms with van der Waals surface area (Å²) in [5.74, 6) is -2.24. The number of benzene rings is 1. The maximum atomic E-state index is 13.5. The van der Waals surface area contributed by atoms with Gasteiger partial charge in [-0.15, -0.1) is 0 Å². The molecular formula is C24H34N4O6S. The number of nitrogens with zero attached hydrogens (tertiary/aromatic N) is 3. The molecule has 1 N–H and O–H groups in total. The van der Waals surface area contributed by atoms with Crippen LogP contribution in [0.3, 0.4) is 0 Å². The smallest absolute Gasteiger partial charge is 0.251 e. The molecule has 2 aliphatic heterocycles. The van der Waals surface area contributed by atoms with Crippen molar-refractivity contribution < 1.29 is 27.6 Å². The Balaban J connectivity index is 1.76. The molecule has 11 heteroatoms. The van der Waals surface area contributed by atoms with Gasteiger partial charge in [-0.25, -0.2) is 8.42 Å². The highest BCUT2D eigenvalue weighted by molar-refractivity contribution is 7.91. The number of ketones is 1. The number of Topliss-reactive ketones (excluding diaryl/α,β-unsaturated/α-hetero) is 1. The van der Waals surface area contributed by atoms with Crippen LogP contribution in [0.1, 0.15) is 37.0 Å². The number of anilines is 1. The molecule has 0 aromatic heterocycles. The number of nitrogens with one attached hydrogen (secondary N) is 1. The van der Waals surface area contributed by atoms with Gasteiger partial charge in [-0.2, -0.15) is 0 Å². The summed E-state index contributed by atoms with van der Waals surface area (Å²) >= 11 is 0. The average Bonchev–Trinajstić information content (AvgIpc) is 3.32. The second-order valence-corrected chi connectivity index (χ2v) is 12.1. The molecule has 0 radical (unpaired) electrons. The van der Waals surface area contributed by atoms with Crippen molar-refractivity contribution in [3.05, 3.63) is 29.8 Å². The predicted octanol–water partition coefficient (Wildman–Crippen LogP) is 0.323. The van der Waals surface area contributed by atoms with Gasteiger partial charge in [0.1, 0.15) is 17.8 Å². The fourth-order valence-corrected chi connectivity index (χ4v) is 5.36. The van der Waals surface area contributed by atoms with E-state index >= 15 is 0 Å². The van der Waals surface area contributed by atoms with Crippen LogP contribution in [0, 0.1) is 5.92 Å². The van der Waals surface area contributed by atoms with Crippen LogP contribution in [-0.4, -0.2) is 99.0 Å². The lowest BCUT2D eigenvalue weighted by Gasteiger charge is -2.29. The summed E-state index contributed by atoms with van der Waals surface area (Å²) in [6.07, 6.45) is 1.74. The van der Waals surface area contributed by atoms with Gasteiger partial charge in [-0.1, -0.05) is 13.8 Å². The summed E-state index contributed by atoms with van der Waals surface area (Å²) in [5, 5.41) is 2.83. The fraction of sp³-hybridized carbons (Fsp3) is 0.583. The van der Waals surface area contributed by atoms with E-state index in [2.05, 4.69) is 5.32 Å². The van der Waals surface area contributed by atoms with Gasteiger partial charge in [-0.3, -0.25) is 19.2 Å². The number of hydrogen-bond acceptors (Lipinski definition) is 7. The number of carbonyl (C=O) groups excluding carboxylic acids is 4. The Bertz CT molecular complexity index is 1100. The number of likely N-dealkylation sites (tertiary alicyclic amines) is 2. The SMILES string of the molecule is CC(C)C[C@H](NC(=O)c1ccc(N(C)C)cc1)C(=O)N1CCC2C1C(=O)CN2C(=O)CS(C)(=O)=O. The molecule has 2 aliphatic rings. The van der Waals surface area contributed by atoms with Gasteiger partial charge in [0.25, 0.3) is 5.91 Å². The highest BCUT2D eigenvalue weighted by Gasteiger charge is 2.52. The highest BCUT2D eigenvalue weighted by atomic mass is 32.2. The van der Waals surface area contributed by atoms with E-state index in [0.29, 0.717) is 18.4 Å². The van der Waals surface area contributed by atoms with Gasteiger partial charge in [-0.05, 0) is 43.0 Å². The van der Waals surface area contributed by atoms with Crippen molar-refractivity contribution in [2.24, 2.45) is 5.92 Å². The molecule has 10 nitrogen and oxygen atoms in total. The van der Waals surface area contributed by atoms with E-state index in [1.165, 1.54) is 9.80 Å². The summed E-state index contributed by atoms with van der Waals surface area (Å²) in [4.78, 5) is 56.4. The van der Waals surface area contributed by atoms with Gasteiger partial charge in [0.15, 0.2) is 15.6 Å². The van der Waals surface area contributed by atoms with Crippen LogP contribution in [0.15, 0.2) is 24.3 Å². The third kappa shape index (κ3) is 6.19. The van der Waals surface area contributed by atoms with Crippen LogP contribution in [0.25, 0.3) is 0 Å². The molecule has 0 aliphatic carbocycles. The standard InChI is InChI=1S/C24H34N4O6S/c1-15(2)12-18(25-23(31)16-6-8-17(9-7-16)26(3)4)24(32)27-11-10-19-22(27)20(29)13-28(19)21(30)14-35(5,33)34/h6-9,15,18-19,22H,10-14H2,1-5H3,(H,25,31)/t18-,19?,22?/m0/s1. The van der Waals surface area contributed by atoms with Crippen molar-refractivity contribution >= 4 is 39.0 Å². The summed E-state index contributed by atoms with van der Waals surface area (Å²) < 4.78 is 23.1. The lowest BCUT2D eigenvalue weighted by molar-refractivity contribution is -0.138. The Kier molecular flexibility index (Phi) is 7.88. The molecule has 3 atom stereocenters. The van der Waals surface area contributed by atoms with E-state index in [4.69, 9.17) is 0 Å². The summed E-state index contributed by atoms with van der Waals surface area (Å²) in [6.45, 7) is 3.92. The van der Waals surface area contributed by atoms with Crippen molar-refractivity contribution in [1.29, 1.82) is 0 Å². The summed E-state index contributed by atoms with van der Waals surface area (Å²) in [6, 6.07) is 4.82. The molecule has 35 heavy (non-hydrogen) atoms. The molecule has 1 aromatic rings. The zero-order valence-electron chi connectivity index (χ0n) is 20.9. The predicted molar refractivity (Wildman–Crippen MR) is 132 cm³/mol. The molecule has 3 rings (SSSR count). The molecule has 2 heterocycles. The first-order valence-corrected chi connectivity index (χ1v) is 13.7. The van der Waals surface area contributed by atoms with Crippen molar-refractivity contribution in [3.8, 4) is 0 Å². The normalized spacial score (nSPS) is 20.7. The van der Waals surface area contributed by atoms with Crippen LogP contribution in [0.2, 0.25) is 0 Å². The van der Waals surface area contributed by atoms with Crippen LogP contribution in [0.5, 0.6) is 0 Å². The topological polar surface area (TPSA) is 124 Å². The first kappa shape index (κ1) is 26.7. The number of carbonyl (C=O) groups is 4. The van der Waals surface area contributed by atoms with Crippen molar-refractivity contribution in [2.45, 2.75) is 44.8 Å². The molecule has 1 aromatic carbocycles.